The lowest BCUT2D eigenvalue weighted by molar-refractivity contribution is -0.0189. The number of carbonyl (C=O) groups excluding carboxylic acids is 1. The highest BCUT2D eigenvalue weighted by atomic mass is 16.6. The van der Waals surface area contributed by atoms with Crippen molar-refractivity contribution in [2.45, 2.75) is 64.2 Å². The molecule has 1 saturated heterocycles. The Balaban J connectivity index is 1.42. The summed E-state index contributed by atoms with van der Waals surface area (Å²) < 4.78 is 12.1. The molecule has 2 fully saturated rings. The molecule has 1 aromatic rings. The highest BCUT2D eigenvalue weighted by molar-refractivity contribution is 5.75. The van der Waals surface area contributed by atoms with Gasteiger partial charge >= 0.3 is 6.09 Å². The molecule has 3 atom stereocenters. The van der Waals surface area contributed by atoms with Crippen LogP contribution >= 0.6 is 0 Å². The Bertz CT molecular complexity index is 899. The summed E-state index contributed by atoms with van der Waals surface area (Å²) in [5, 5.41) is 3.07. The van der Waals surface area contributed by atoms with Gasteiger partial charge in [0.25, 0.3) is 0 Å². The van der Waals surface area contributed by atoms with Crippen molar-refractivity contribution in [3.05, 3.63) is 54.1 Å². The van der Waals surface area contributed by atoms with Crippen molar-refractivity contribution in [1.82, 2.24) is 15.1 Å². The summed E-state index contributed by atoms with van der Waals surface area (Å²) in [6, 6.07) is 10.6. The molecule has 1 unspecified atom stereocenters. The number of ether oxygens (including phenoxy) is 2. The molecule has 4 rings (SSSR count). The summed E-state index contributed by atoms with van der Waals surface area (Å²) >= 11 is 0. The van der Waals surface area contributed by atoms with E-state index in [4.69, 9.17) is 9.47 Å². The third-order valence-electron chi connectivity index (χ3n) is 7.33. The number of piperazine rings is 1. The average Bonchev–Trinajstić information content (AvgIpc) is 3.26. The molecule has 1 saturated carbocycles. The second kappa shape index (κ2) is 11.3. The Morgan fingerprint density at radius 3 is 2.51 bits per heavy atom. The Morgan fingerprint density at radius 2 is 1.86 bits per heavy atom. The van der Waals surface area contributed by atoms with Gasteiger partial charge in [-0.05, 0) is 64.6 Å². The van der Waals surface area contributed by atoms with E-state index in [-0.39, 0.29) is 23.7 Å². The van der Waals surface area contributed by atoms with Crippen molar-refractivity contribution in [2.24, 2.45) is 5.41 Å². The lowest BCUT2D eigenvalue weighted by Gasteiger charge is -2.41. The number of alkyl carbamates (subject to hydrolysis) is 1. The number of hydrogen-bond acceptors (Lipinski definition) is 5. The zero-order valence-electron chi connectivity index (χ0n) is 22.0. The van der Waals surface area contributed by atoms with Crippen molar-refractivity contribution in [2.75, 3.05) is 46.4 Å². The fraction of sp³-hybridized carbons (Fsp3) is 0.621. The van der Waals surface area contributed by atoms with Gasteiger partial charge in [0.15, 0.2) is 0 Å². The van der Waals surface area contributed by atoms with Gasteiger partial charge in [-0.3, -0.25) is 4.90 Å². The van der Waals surface area contributed by atoms with E-state index in [1.165, 1.54) is 11.1 Å². The summed E-state index contributed by atoms with van der Waals surface area (Å²) in [5.74, 6) is 0. The number of hydrogen-bond donors (Lipinski definition) is 1. The molecule has 6 nitrogen and oxygen atoms in total. The normalized spacial score (nSPS) is 28.1. The molecule has 1 aromatic carbocycles. The molecule has 0 aromatic heterocycles. The van der Waals surface area contributed by atoms with Crippen LogP contribution in [0.4, 0.5) is 4.79 Å². The van der Waals surface area contributed by atoms with Crippen molar-refractivity contribution in [3.8, 4) is 0 Å². The largest absolute Gasteiger partial charge is 0.444 e. The number of rotatable bonds is 7. The maximum atomic E-state index is 12.4. The number of carbonyl (C=O) groups is 1. The van der Waals surface area contributed by atoms with Gasteiger partial charge < -0.3 is 19.7 Å². The Morgan fingerprint density at radius 1 is 1.11 bits per heavy atom. The summed E-state index contributed by atoms with van der Waals surface area (Å²) in [7, 11) is 2.20. The van der Waals surface area contributed by atoms with Gasteiger partial charge in [-0.25, -0.2) is 4.79 Å². The minimum Gasteiger partial charge on any atom is -0.444 e. The number of nitrogens with one attached hydrogen (secondary N) is 1. The van der Waals surface area contributed by atoms with Crippen LogP contribution < -0.4 is 5.32 Å². The van der Waals surface area contributed by atoms with E-state index in [0.717, 1.165) is 58.4 Å². The summed E-state index contributed by atoms with van der Waals surface area (Å²) in [6.07, 6.45) is 10.6. The Kier molecular flexibility index (Phi) is 8.35. The van der Waals surface area contributed by atoms with Crippen LogP contribution in [0.15, 0.2) is 48.6 Å². The SMILES string of the molecule is CN1CCN(CC2(CO[C@H]3CCC[C@@H]3NC(=O)OC(C)(C)C)C=CC(c3ccccc3)=CC2)CC1. The fourth-order valence-electron chi connectivity index (χ4n) is 5.30. The van der Waals surface area contributed by atoms with Gasteiger partial charge in [0.05, 0.1) is 18.8 Å². The van der Waals surface area contributed by atoms with Gasteiger partial charge in [0, 0.05) is 38.1 Å². The highest BCUT2D eigenvalue weighted by Crippen LogP contribution is 2.36. The van der Waals surface area contributed by atoms with Gasteiger partial charge in [-0.2, -0.15) is 0 Å². The van der Waals surface area contributed by atoms with Crippen molar-refractivity contribution in [3.63, 3.8) is 0 Å². The predicted octanol–water partition coefficient (Wildman–Crippen LogP) is 4.73. The molecular weight excluding hydrogens is 438 g/mol. The first-order chi connectivity index (χ1) is 16.7. The molecule has 0 bridgehead atoms. The topological polar surface area (TPSA) is 54.0 Å². The maximum Gasteiger partial charge on any atom is 0.407 e. The van der Waals surface area contributed by atoms with Gasteiger partial charge in [-0.15, -0.1) is 0 Å². The number of allylic oxidation sites excluding steroid dienone is 3. The summed E-state index contributed by atoms with van der Waals surface area (Å²) in [5.41, 5.74) is 1.98. The molecule has 35 heavy (non-hydrogen) atoms. The van der Waals surface area contributed by atoms with Crippen LogP contribution in [0, 0.1) is 5.41 Å². The third-order valence-corrected chi connectivity index (χ3v) is 7.33. The molecule has 1 aliphatic heterocycles. The fourth-order valence-corrected chi connectivity index (χ4v) is 5.30. The molecule has 3 aliphatic rings. The first kappa shape index (κ1) is 25.9. The van der Waals surface area contributed by atoms with E-state index >= 15 is 0 Å². The maximum absolute atomic E-state index is 12.4. The van der Waals surface area contributed by atoms with Crippen molar-refractivity contribution in [1.29, 1.82) is 0 Å². The number of amides is 1. The molecule has 1 heterocycles. The van der Waals surface area contributed by atoms with Crippen LogP contribution in [0.2, 0.25) is 0 Å². The molecule has 6 heteroatoms. The molecule has 2 aliphatic carbocycles. The lowest BCUT2D eigenvalue weighted by Crippen LogP contribution is -2.50. The van der Waals surface area contributed by atoms with Crippen LogP contribution in [-0.2, 0) is 9.47 Å². The van der Waals surface area contributed by atoms with E-state index < -0.39 is 5.60 Å². The molecule has 0 radical (unpaired) electrons. The molecular formula is C29H43N3O3. The van der Waals surface area contributed by atoms with Crippen LogP contribution in [0.1, 0.15) is 52.0 Å². The molecule has 1 amide bonds. The van der Waals surface area contributed by atoms with Crippen LogP contribution in [-0.4, -0.2) is 80.0 Å². The zero-order chi connectivity index (χ0) is 24.9. The summed E-state index contributed by atoms with van der Waals surface area (Å²) in [6.45, 7) is 11.7. The zero-order valence-corrected chi connectivity index (χ0v) is 22.0. The number of nitrogens with zero attached hydrogens (tertiary/aromatic N) is 2. The smallest absolute Gasteiger partial charge is 0.407 e. The third kappa shape index (κ3) is 7.42. The first-order valence-electron chi connectivity index (χ1n) is 13.2. The Hall–Kier alpha value is -2.15. The van der Waals surface area contributed by atoms with E-state index in [0.29, 0.717) is 6.61 Å². The van der Waals surface area contributed by atoms with E-state index in [2.05, 4.69) is 70.7 Å². The van der Waals surface area contributed by atoms with Crippen LogP contribution in [0.3, 0.4) is 0 Å². The second-order valence-corrected chi connectivity index (χ2v) is 11.5. The first-order valence-corrected chi connectivity index (χ1v) is 13.2. The average molecular weight is 482 g/mol. The molecule has 0 spiro atoms. The molecule has 192 valence electrons. The van der Waals surface area contributed by atoms with Gasteiger partial charge in [0.1, 0.15) is 5.60 Å². The predicted molar refractivity (Wildman–Crippen MR) is 141 cm³/mol. The number of likely N-dealkylation sites (N-methyl/N-ethyl adjacent to an activating group) is 1. The summed E-state index contributed by atoms with van der Waals surface area (Å²) in [4.78, 5) is 17.4. The van der Waals surface area contributed by atoms with E-state index in [1.807, 2.05) is 20.8 Å². The van der Waals surface area contributed by atoms with Gasteiger partial charge in [0.2, 0.25) is 0 Å². The monoisotopic (exact) mass is 481 g/mol. The standard InChI is InChI=1S/C29H43N3O3/c1-28(2,3)35-27(33)30-25-11-8-12-26(25)34-22-29(21-32-19-17-31(4)18-20-32)15-13-24(14-16-29)23-9-6-5-7-10-23/h5-7,9-10,13-15,25-26H,8,11-12,16-22H2,1-4H3,(H,30,33)/t25-,26-,29?/m0/s1. The van der Waals surface area contributed by atoms with Crippen molar-refractivity contribution < 1.29 is 14.3 Å². The van der Waals surface area contributed by atoms with Crippen LogP contribution in [0.5, 0.6) is 0 Å². The number of benzene rings is 1. The van der Waals surface area contributed by atoms with Crippen LogP contribution in [0.25, 0.3) is 5.57 Å². The van der Waals surface area contributed by atoms with E-state index in [9.17, 15) is 4.79 Å². The second-order valence-electron chi connectivity index (χ2n) is 11.5. The lowest BCUT2D eigenvalue weighted by atomic mass is 9.79. The quantitative estimate of drug-likeness (QED) is 0.610. The Labute approximate surface area is 211 Å². The minimum atomic E-state index is -0.499. The van der Waals surface area contributed by atoms with E-state index in [1.54, 1.807) is 0 Å². The van der Waals surface area contributed by atoms with Gasteiger partial charge in [-0.1, -0.05) is 48.6 Å². The highest BCUT2D eigenvalue weighted by Gasteiger charge is 2.36. The van der Waals surface area contributed by atoms with Crippen molar-refractivity contribution >= 4 is 11.7 Å². The minimum absolute atomic E-state index is 0.00790. The molecule has 1 N–H and O–H groups in total.